The molecule has 0 amide bonds. The molecule has 0 radical (unpaired) electrons. The molecule has 1 unspecified atom stereocenters. The van der Waals surface area contributed by atoms with Crippen molar-refractivity contribution in [2.45, 2.75) is 20.0 Å². The van der Waals surface area contributed by atoms with Crippen LogP contribution >= 0.6 is 0 Å². The van der Waals surface area contributed by atoms with Crippen molar-refractivity contribution < 1.29 is 4.74 Å². The summed E-state index contributed by atoms with van der Waals surface area (Å²) >= 11 is 0. The highest BCUT2D eigenvalue weighted by Gasteiger charge is 2.19. The third kappa shape index (κ3) is 1.36. The number of hydrogen-bond acceptors (Lipinski definition) is 4. The zero-order valence-corrected chi connectivity index (χ0v) is 8.72. The van der Waals surface area contributed by atoms with Crippen LogP contribution in [0.5, 0.6) is 5.88 Å². The lowest BCUT2D eigenvalue weighted by Crippen LogP contribution is -2.28. The van der Waals surface area contributed by atoms with Gasteiger partial charge in [0.1, 0.15) is 11.8 Å². The molecule has 2 rings (SSSR count). The van der Waals surface area contributed by atoms with Crippen LogP contribution in [-0.4, -0.2) is 24.7 Å². The summed E-state index contributed by atoms with van der Waals surface area (Å²) in [6.45, 7) is 4.92. The van der Waals surface area contributed by atoms with E-state index in [-0.39, 0.29) is 6.10 Å². The Bertz CT molecular complexity index is 351. The van der Waals surface area contributed by atoms with Gasteiger partial charge in [-0.2, -0.15) is 0 Å². The molecule has 2 N–H and O–H groups in total. The molecule has 14 heavy (non-hydrogen) atoms. The van der Waals surface area contributed by atoms with E-state index in [0.29, 0.717) is 5.88 Å². The standard InChI is InChI=1S/C10H15N3O/c1-6-4-12-9-7(2)8(11-3)5-13-10(9)14-6/h5-6,11-12H,4H2,1-3H3. The summed E-state index contributed by atoms with van der Waals surface area (Å²) in [6.07, 6.45) is 1.99. The zero-order chi connectivity index (χ0) is 10.1. The molecule has 2 heterocycles. The number of nitrogens with zero attached hydrogens (tertiary/aromatic N) is 1. The second kappa shape index (κ2) is 3.36. The normalized spacial score (nSPS) is 19.2. The minimum atomic E-state index is 0.190. The Kier molecular flexibility index (Phi) is 2.19. The van der Waals surface area contributed by atoms with Crippen LogP contribution in [0.15, 0.2) is 6.20 Å². The molecule has 4 nitrogen and oxygen atoms in total. The maximum atomic E-state index is 5.61. The van der Waals surface area contributed by atoms with Crippen LogP contribution < -0.4 is 15.4 Å². The summed E-state index contributed by atoms with van der Waals surface area (Å²) in [5, 5.41) is 6.43. The highest BCUT2D eigenvalue weighted by molar-refractivity contribution is 5.69. The highest BCUT2D eigenvalue weighted by Crippen LogP contribution is 2.33. The van der Waals surface area contributed by atoms with Gasteiger partial charge in [-0.25, -0.2) is 4.98 Å². The fourth-order valence-corrected chi connectivity index (χ4v) is 1.61. The van der Waals surface area contributed by atoms with E-state index >= 15 is 0 Å². The largest absolute Gasteiger partial charge is 0.471 e. The lowest BCUT2D eigenvalue weighted by atomic mass is 10.2. The molecule has 0 fully saturated rings. The van der Waals surface area contributed by atoms with Crippen LogP contribution in [0, 0.1) is 6.92 Å². The first-order chi connectivity index (χ1) is 6.72. The predicted molar refractivity (Wildman–Crippen MR) is 57.1 cm³/mol. The molecule has 0 saturated carbocycles. The third-order valence-corrected chi connectivity index (χ3v) is 2.45. The van der Waals surface area contributed by atoms with Gasteiger partial charge in [0.2, 0.25) is 5.88 Å². The van der Waals surface area contributed by atoms with Gasteiger partial charge in [-0.1, -0.05) is 0 Å². The monoisotopic (exact) mass is 193 g/mol. The number of rotatable bonds is 1. The average molecular weight is 193 g/mol. The van der Waals surface area contributed by atoms with Crippen molar-refractivity contribution >= 4 is 11.4 Å². The number of pyridine rings is 1. The van der Waals surface area contributed by atoms with Crippen molar-refractivity contribution in [3.63, 3.8) is 0 Å². The molecule has 4 heteroatoms. The number of aromatic nitrogens is 1. The summed E-state index contributed by atoms with van der Waals surface area (Å²) < 4.78 is 5.61. The van der Waals surface area contributed by atoms with Gasteiger partial charge in [-0.15, -0.1) is 0 Å². The lowest BCUT2D eigenvalue weighted by molar-refractivity contribution is 0.216. The number of anilines is 2. The fourth-order valence-electron chi connectivity index (χ4n) is 1.61. The predicted octanol–water partition coefficient (Wildman–Crippen LogP) is 1.62. The zero-order valence-electron chi connectivity index (χ0n) is 8.72. The van der Waals surface area contributed by atoms with E-state index in [0.717, 1.165) is 23.5 Å². The molecular formula is C10H15N3O. The van der Waals surface area contributed by atoms with E-state index in [1.54, 1.807) is 6.20 Å². The second-order valence-corrected chi connectivity index (χ2v) is 3.54. The maximum Gasteiger partial charge on any atom is 0.238 e. The van der Waals surface area contributed by atoms with E-state index in [9.17, 15) is 0 Å². The molecule has 0 saturated heterocycles. The van der Waals surface area contributed by atoms with Crippen molar-refractivity contribution in [2.75, 3.05) is 24.2 Å². The van der Waals surface area contributed by atoms with Crippen LogP contribution in [-0.2, 0) is 0 Å². The van der Waals surface area contributed by atoms with E-state index in [1.807, 2.05) is 14.0 Å². The quantitative estimate of drug-likeness (QED) is 0.711. The second-order valence-electron chi connectivity index (χ2n) is 3.54. The first-order valence-electron chi connectivity index (χ1n) is 4.80. The van der Waals surface area contributed by atoms with Crippen molar-refractivity contribution in [2.24, 2.45) is 0 Å². The summed E-state index contributed by atoms with van der Waals surface area (Å²) in [5.74, 6) is 0.709. The van der Waals surface area contributed by atoms with Crippen LogP contribution in [0.3, 0.4) is 0 Å². The number of hydrogen-bond donors (Lipinski definition) is 2. The van der Waals surface area contributed by atoms with Gasteiger partial charge in [-0.3, -0.25) is 0 Å². The minimum absolute atomic E-state index is 0.190. The first kappa shape index (κ1) is 9.12. The first-order valence-corrected chi connectivity index (χ1v) is 4.80. The van der Waals surface area contributed by atoms with E-state index in [2.05, 4.69) is 22.5 Å². The maximum absolute atomic E-state index is 5.61. The molecular weight excluding hydrogens is 178 g/mol. The smallest absolute Gasteiger partial charge is 0.238 e. The molecule has 1 aromatic heterocycles. The van der Waals surface area contributed by atoms with Gasteiger partial charge in [0.05, 0.1) is 18.4 Å². The Labute approximate surface area is 83.7 Å². The van der Waals surface area contributed by atoms with Gasteiger partial charge in [0.25, 0.3) is 0 Å². The molecule has 1 aliphatic heterocycles. The minimum Gasteiger partial charge on any atom is -0.471 e. The molecule has 76 valence electrons. The summed E-state index contributed by atoms with van der Waals surface area (Å²) in [6, 6.07) is 0. The Balaban J connectivity index is 2.43. The van der Waals surface area contributed by atoms with E-state index in [4.69, 9.17) is 4.74 Å². The Morgan fingerprint density at radius 1 is 1.64 bits per heavy atom. The molecule has 1 atom stereocenters. The molecule has 1 aliphatic rings. The summed E-state index contributed by atoms with van der Waals surface area (Å²) in [7, 11) is 1.89. The Morgan fingerprint density at radius 2 is 2.43 bits per heavy atom. The molecule has 0 aromatic carbocycles. The topological polar surface area (TPSA) is 46.2 Å². The molecule has 1 aromatic rings. The van der Waals surface area contributed by atoms with Crippen LogP contribution in [0.2, 0.25) is 0 Å². The van der Waals surface area contributed by atoms with Gasteiger partial charge >= 0.3 is 0 Å². The van der Waals surface area contributed by atoms with Crippen molar-refractivity contribution in [3.8, 4) is 5.88 Å². The van der Waals surface area contributed by atoms with Gasteiger partial charge in [0.15, 0.2) is 0 Å². The molecule has 0 aliphatic carbocycles. The van der Waals surface area contributed by atoms with Crippen molar-refractivity contribution in [3.05, 3.63) is 11.8 Å². The van der Waals surface area contributed by atoms with Crippen molar-refractivity contribution in [1.29, 1.82) is 0 Å². The van der Waals surface area contributed by atoms with Gasteiger partial charge in [-0.05, 0) is 13.8 Å². The van der Waals surface area contributed by atoms with Crippen LogP contribution in [0.1, 0.15) is 12.5 Å². The van der Waals surface area contributed by atoms with Crippen LogP contribution in [0.25, 0.3) is 0 Å². The van der Waals surface area contributed by atoms with Crippen molar-refractivity contribution in [1.82, 2.24) is 4.98 Å². The number of fused-ring (bicyclic) bond motifs is 1. The summed E-state index contributed by atoms with van der Waals surface area (Å²) in [4.78, 5) is 4.25. The lowest BCUT2D eigenvalue weighted by Gasteiger charge is -2.25. The van der Waals surface area contributed by atoms with Gasteiger partial charge in [0, 0.05) is 12.6 Å². The SMILES string of the molecule is CNc1cnc2c(c1C)NCC(C)O2. The number of ether oxygens (including phenoxy) is 1. The Morgan fingerprint density at radius 3 is 3.14 bits per heavy atom. The van der Waals surface area contributed by atoms with E-state index < -0.39 is 0 Å². The Hall–Kier alpha value is -1.45. The average Bonchev–Trinajstić information content (AvgIpc) is 2.18. The molecule has 0 spiro atoms. The highest BCUT2D eigenvalue weighted by atomic mass is 16.5. The van der Waals surface area contributed by atoms with Gasteiger partial charge < -0.3 is 15.4 Å². The molecule has 0 bridgehead atoms. The number of nitrogens with one attached hydrogen (secondary N) is 2. The van der Waals surface area contributed by atoms with Crippen LogP contribution in [0.4, 0.5) is 11.4 Å². The summed E-state index contributed by atoms with van der Waals surface area (Å²) in [5.41, 5.74) is 3.20. The third-order valence-electron chi connectivity index (χ3n) is 2.45. The van der Waals surface area contributed by atoms with E-state index in [1.165, 1.54) is 0 Å². The fraction of sp³-hybridized carbons (Fsp3) is 0.500.